The molecule has 0 atom stereocenters. The number of carbonyl (C=O) groups is 1. The van der Waals surface area contributed by atoms with E-state index in [2.05, 4.69) is 11.9 Å². The Balaban J connectivity index is 2.26. The van der Waals surface area contributed by atoms with Crippen molar-refractivity contribution in [3.8, 4) is 0 Å². The zero-order chi connectivity index (χ0) is 19.3. The van der Waals surface area contributed by atoms with E-state index in [1.54, 1.807) is 0 Å². The Labute approximate surface area is 154 Å². The molecule has 0 radical (unpaired) electrons. The SMILES string of the molecule is CCCCn1c(N)c(N(CC)C(=O)C[NH+]2CCC(C)CC2)c(=O)[nH]c1=O. The highest BCUT2D eigenvalue weighted by Gasteiger charge is 2.27. The van der Waals surface area contributed by atoms with E-state index in [1.807, 2.05) is 13.8 Å². The molecule has 0 aliphatic carbocycles. The van der Waals surface area contributed by atoms with Crippen LogP contribution in [0.3, 0.4) is 0 Å². The molecule has 1 aromatic heterocycles. The Bertz CT molecular complexity index is 731. The number of carbonyl (C=O) groups excluding carboxylic acids is 1. The first kappa shape index (κ1) is 20.2. The number of rotatable bonds is 7. The van der Waals surface area contributed by atoms with Crippen LogP contribution >= 0.6 is 0 Å². The second-order valence-corrected chi connectivity index (χ2v) is 7.25. The fourth-order valence-electron chi connectivity index (χ4n) is 3.49. The molecule has 2 rings (SSSR count). The summed E-state index contributed by atoms with van der Waals surface area (Å²) in [5.41, 5.74) is 5.11. The van der Waals surface area contributed by atoms with Gasteiger partial charge in [-0.2, -0.15) is 0 Å². The Morgan fingerprint density at radius 2 is 1.96 bits per heavy atom. The lowest BCUT2D eigenvalue weighted by atomic mass is 9.99. The molecular formula is C18H32N5O3+. The van der Waals surface area contributed by atoms with E-state index in [9.17, 15) is 14.4 Å². The van der Waals surface area contributed by atoms with Crippen LogP contribution in [0.15, 0.2) is 9.59 Å². The highest BCUT2D eigenvalue weighted by atomic mass is 16.2. The van der Waals surface area contributed by atoms with E-state index in [1.165, 1.54) is 14.4 Å². The maximum Gasteiger partial charge on any atom is 0.330 e. The van der Waals surface area contributed by atoms with Crippen molar-refractivity contribution in [2.24, 2.45) is 5.92 Å². The first-order chi connectivity index (χ1) is 12.4. The van der Waals surface area contributed by atoms with E-state index in [0.717, 1.165) is 38.8 Å². The number of nitrogens with zero attached hydrogens (tertiary/aromatic N) is 2. The lowest BCUT2D eigenvalue weighted by Crippen LogP contribution is -3.14. The third kappa shape index (κ3) is 4.55. The summed E-state index contributed by atoms with van der Waals surface area (Å²) >= 11 is 0. The van der Waals surface area contributed by atoms with Crippen molar-refractivity contribution in [3.05, 3.63) is 20.8 Å². The van der Waals surface area contributed by atoms with Gasteiger partial charge in [0.05, 0.1) is 13.1 Å². The second-order valence-electron chi connectivity index (χ2n) is 7.25. The number of hydrogen-bond donors (Lipinski definition) is 3. The number of likely N-dealkylation sites (tertiary alicyclic amines) is 1. The molecule has 8 nitrogen and oxygen atoms in total. The van der Waals surface area contributed by atoms with Crippen molar-refractivity contribution >= 4 is 17.4 Å². The van der Waals surface area contributed by atoms with Gasteiger partial charge in [0.1, 0.15) is 5.82 Å². The highest BCUT2D eigenvalue weighted by Crippen LogP contribution is 2.17. The first-order valence-corrected chi connectivity index (χ1v) is 9.65. The fourth-order valence-corrected chi connectivity index (χ4v) is 3.49. The van der Waals surface area contributed by atoms with Gasteiger partial charge in [0, 0.05) is 13.1 Å². The number of piperidine rings is 1. The second kappa shape index (κ2) is 9.02. The van der Waals surface area contributed by atoms with Crippen molar-refractivity contribution in [3.63, 3.8) is 0 Å². The maximum absolute atomic E-state index is 12.8. The minimum absolute atomic E-state index is 0.0738. The van der Waals surface area contributed by atoms with Crippen LogP contribution in [-0.4, -0.2) is 41.6 Å². The lowest BCUT2D eigenvalue weighted by molar-refractivity contribution is -0.898. The standard InChI is InChI=1S/C18H31N5O3/c1-4-6-9-23-16(19)15(17(25)20-18(23)26)22(5-2)14(24)12-21-10-7-13(3)8-11-21/h13H,4-12,19H2,1-3H3,(H,20,25,26)/p+1. The number of unbranched alkanes of at least 4 members (excludes halogenated alkanes) is 1. The minimum atomic E-state index is -0.599. The van der Waals surface area contributed by atoms with Crippen molar-refractivity contribution < 1.29 is 9.69 Å². The molecule has 1 fully saturated rings. The van der Waals surface area contributed by atoms with Gasteiger partial charge in [0.25, 0.3) is 11.5 Å². The van der Waals surface area contributed by atoms with E-state index in [4.69, 9.17) is 5.73 Å². The number of likely N-dealkylation sites (N-methyl/N-ethyl adjacent to an activating group) is 1. The van der Waals surface area contributed by atoms with Crippen LogP contribution in [-0.2, 0) is 11.3 Å². The summed E-state index contributed by atoms with van der Waals surface area (Å²) in [6.07, 6.45) is 3.89. The van der Waals surface area contributed by atoms with Crippen LogP contribution < -0.4 is 26.8 Å². The molecule has 1 amide bonds. The van der Waals surface area contributed by atoms with Crippen molar-refractivity contribution in [2.45, 2.75) is 53.0 Å². The van der Waals surface area contributed by atoms with Crippen LogP contribution in [0.5, 0.6) is 0 Å². The number of hydrogen-bond acceptors (Lipinski definition) is 4. The van der Waals surface area contributed by atoms with Gasteiger partial charge in [-0.3, -0.25) is 24.0 Å². The third-order valence-electron chi connectivity index (χ3n) is 5.22. The quantitative estimate of drug-likeness (QED) is 0.610. The molecule has 26 heavy (non-hydrogen) atoms. The molecule has 4 N–H and O–H groups in total. The molecule has 2 heterocycles. The number of aromatic nitrogens is 2. The number of H-pyrrole nitrogens is 1. The molecule has 0 bridgehead atoms. The monoisotopic (exact) mass is 366 g/mol. The molecule has 1 aliphatic heterocycles. The van der Waals surface area contributed by atoms with Crippen LogP contribution in [0.1, 0.15) is 46.5 Å². The van der Waals surface area contributed by atoms with Crippen molar-refractivity contribution in [1.29, 1.82) is 0 Å². The van der Waals surface area contributed by atoms with Gasteiger partial charge in [-0.1, -0.05) is 20.3 Å². The molecule has 0 saturated carbocycles. The normalized spacial score (nSPS) is 20.1. The highest BCUT2D eigenvalue weighted by molar-refractivity contribution is 5.96. The lowest BCUT2D eigenvalue weighted by Gasteiger charge is -2.29. The molecule has 0 aromatic carbocycles. The number of aromatic amines is 1. The van der Waals surface area contributed by atoms with Gasteiger partial charge in [-0.05, 0) is 32.1 Å². The van der Waals surface area contributed by atoms with E-state index >= 15 is 0 Å². The molecule has 1 saturated heterocycles. The van der Waals surface area contributed by atoms with Crippen molar-refractivity contribution in [1.82, 2.24) is 9.55 Å². The zero-order valence-electron chi connectivity index (χ0n) is 16.1. The minimum Gasteiger partial charge on any atom is -0.383 e. The summed E-state index contributed by atoms with van der Waals surface area (Å²) in [5.74, 6) is 0.649. The Hall–Kier alpha value is -2.09. The Morgan fingerprint density at radius 1 is 1.31 bits per heavy atom. The summed E-state index contributed by atoms with van der Waals surface area (Å²) < 4.78 is 1.35. The van der Waals surface area contributed by atoms with Gasteiger partial charge >= 0.3 is 5.69 Å². The molecule has 8 heteroatoms. The zero-order valence-corrected chi connectivity index (χ0v) is 16.1. The fraction of sp³-hybridized carbons (Fsp3) is 0.722. The molecule has 1 aliphatic rings. The van der Waals surface area contributed by atoms with E-state index in [-0.39, 0.29) is 17.4 Å². The predicted molar refractivity (Wildman–Crippen MR) is 103 cm³/mol. The predicted octanol–water partition coefficient (Wildman–Crippen LogP) is -0.413. The summed E-state index contributed by atoms with van der Waals surface area (Å²) in [7, 11) is 0. The summed E-state index contributed by atoms with van der Waals surface area (Å²) in [4.78, 5) is 42.3. The Kier molecular flexibility index (Phi) is 7.02. The maximum atomic E-state index is 12.8. The first-order valence-electron chi connectivity index (χ1n) is 9.65. The molecule has 0 unspecified atom stereocenters. The smallest absolute Gasteiger partial charge is 0.330 e. The van der Waals surface area contributed by atoms with Gasteiger partial charge in [-0.15, -0.1) is 0 Å². The summed E-state index contributed by atoms with van der Waals surface area (Å²) in [6, 6.07) is 0. The topological polar surface area (TPSA) is 106 Å². The van der Waals surface area contributed by atoms with E-state index < -0.39 is 11.2 Å². The number of quaternary nitrogens is 1. The van der Waals surface area contributed by atoms with Crippen molar-refractivity contribution in [2.75, 3.05) is 36.8 Å². The van der Waals surface area contributed by atoms with Crippen LogP contribution in [0.2, 0.25) is 0 Å². The van der Waals surface area contributed by atoms with Gasteiger partial charge in [0.2, 0.25) is 0 Å². The van der Waals surface area contributed by atoms with Gasteiger partial charge < -0.3 is 10.6 Å². The number of amides is 1. The summed E-state index contributed by atoms with van der Waals surface area (Å²) in [6.45, 7) is 9.08. The molecular weight excluding hydrogens is 334 g/mol. The number of nitrogen functional groups attached to an aromatic ring is 1. The van der Waals surface area contributed by atoms with Gasteiger partial charge in [-0.25, -0.2) is 4.79 Å². The van der Waals surface area contributed by atoms with Crippen LogP contribution in [0.4, 0.5) is 11.5 Å². The summed E-state index contributed by atoms with van der Waals surface area (Å²) in [5, 5.41) is 0. The van der Waals surface area contributed by atoms with Gasteiger partial charge in [0.15, 0.2) is 12.2 Å². The average molecular weight is 366 g/mol. The molecule has 146 valence electrons. The number of anilines is 2. The van der Waals surface area contributed by atoms with E-state index in [0.29, 0.717) is 25.6 Å². The third-order valence-corrected chi connectivity index (χ3v) is 5.22. The largest absolute Gasteiger partial charge is 0.383 e. The molecule has 0 spiro atoms. The number of nitrogens with two attached hydrogens (primary N) is 1. The number of nitrogens with one attached hydrogen (secondary N) is 2. The molecule has 1 aromatic rings. The van der Waals surface area contributed by atoms with Crippen LogP contribution in [0, 0.1) is 5.92 Å². The van der Waals surface area contributed by atoms with Crippen LogP contribution in [0.25, 0.3) is 0 Å². The average Bonchev–Trinajstić information content (AvgIpc) is 2.60. The Morgan fingerprint density at radius 3 is 2.54 bits per heavy atom.